The molecule has 6 nitrogen and oxygen atoms in total. The van der Waals surface area contributed by atoms with E-state index in [-0.39, 0.29) is 19.1 Å². The van der Waals surface area contributed by atoms with Crippen LogP contribution >= 0.6 is 11.6 Å². The molecule has 1 amide bonds. The van der Waals surface area contributed by atoms with Gasteiger partial charge in [-0.1, -0.05) is 11.6 Å². The van der Waals surface area contributed by atoms with E-state index in [1.807, 2.05) is 0 Å². The van der Waals surface area contributed by atoms with Crippen molar-refractivity contribution < 1.29 is 23.7 Å². The van der Waals surface area contributed by atoms with Crippen LogP contribution in [0.3, 0.4) is 0 Å². The number of amides is 1. The van der Waals surface area contributed by atoms with E-state index in [4.69, 9.17) is 30.5 Å². The van der Waals surface area contributed by atoms with Gasteiger partial charge in [-0.15, -0.1) is 0 Å². The summed E-state index contributed by atoms with van der Waals surface area (Å²) in [6, 6.07) is 10.3. The maximum absolute atomic E-state index is 12.0. The van der Waals surface area contributed by atoms with Gasteiger partial charge in [-0.25, -0.2) is 0 Å². The summed E-state index contributed by atoms with van der Waals surface area (Å²) in [7, 11) is 4.65. The fraction of sp³-hybridized carbons (Fsp3) is 0.278. The van der Waals surface area contributed by atoms with Crippen LogP contribution < -0.4 is 24.3 Å². The first-order valence-corrected chi connectivity index (χ1v) is 7.89. The van der Waals surface area contributed by atoms with Crippen molar-refractivity contribution in [3.05, 3.63) is 47.0 Å². The van der Waals surface area contributed by atoms with E-state index in [2.05, 4.69) is 5.32 Å². The zero-order chi connectivity index (χ0) is 18.2. The Morgan fingerprint density at radius 1 is 0.960 bits per heavy atom. The van der Waals surface area contributed by atoms with Crippen molar-refractivity contribution in [2.45, 2.75) is 6.54 Å². The smallest absolute Gasteiger partial charge is 0.258 e. The van der Waals surface area contributed by atoms with Gasteiger partial charge in [0, 0.05) is 23.2 Å². The fourth-order valence-corrected chi connectivity index (χ4v) is 2.28. The first kappa shape index (κ1) is 18.7. The van der Waals surface area contributed by atoms with Gasteiger partial charge < -0.3 is 24.3 Å². The molecule has 2 rings (SSSR count). The highest BCUT2D eigenvalue weighted by molar-refractivity contribution is 6.30. The lowest BCUT2D eigenvalue weighted by Crippen LogP contribution is -2.28. The minimum Gasteiger partial charge on any atom is -0.496 e. The molecule has 0 spiro atoms. The number of nitrogens with one attached hydrogen (secondary N) is 1. The molecule has 134 valence electrons. The van der Waals surface area contributed by atoms with Crippen molar-refractivity contribution in [2.24, 2.45) is 0 Å². The predicted molar refractivity (Wildman–Crippen MR) is 94.9 cm³/mol. The molecule has 0 unspecified atom stereocenters. The number of rotatable bonds is 8. The summed E-state index contributed by atoms with van der Waals surface area (Å²) in [4.78, 5) is 12.0. The van der Waals surface area contributed by atoms with E-state index in [9.17, 15) is 4.79 Å². The second-order valence-corrected chi connectivity index (χ2v) is 5.47. The third-order valence-corrected chi connectivity index (χ3v) is 3.70. The van der Waals surface area contributed by atoms with Crippen molar-refractivity contribution in [1.82, 2.24) is 5.32 Å². The maximum atomic E-state index is 12.0. The number of ether oxygens (including phenoxy) is 4. The minimum atomic E-state index is -0.258. The van der Waals surface area contributed by atoms with Crippen LogP contribution in [0, 0.1) is 0 Å². The molecule has 0 heterocycles. The third-order valence-electron chi connectivity index (χ3n) is 3.45. The Balaban J connectivity index is 1.95. The summed E-state index contributed by atoms with van der Waals surface area (Å²) in [6.45, 7) is 0.170. The number of carbonyl (C=O) groups is 1. The molecule has 0 aliphatic heterocycles. The molecule has 0 aliphatic rings. The van der Waals surface area contributed by atoms with Crippen molar-refractivity contribution in [2.75, 3.05) is 27.9 Å². The third kappa shape index (κ3) is 5.19. The number of hydrogen-bond donors (Lipinski definition) is 1. The Kier molecular flexibility index (Phi) is 6.77. The highest BCUT2D eigenvalue weighted by Gasteiger charge is 2.13. The monoisotopic (exact) mass is 365 g/mol. The van der Waals surface area contributed by atoms with Crippen LogP contribution in [0.1, 0.15) is 5.56 Å². The first-order valence-electron chi connectivity index (χ1n) is 7.51. The van der Waals surface area contributed by atoms with E-state index >= 15 is 0 Å². The van der Waals surface area contributed by atoms with Gasteiger partial charge in [0.05, 0.1) is 21.3 Å². The molecular weight excluding hydrogens is 346 g/mol. The minimum absolute atomic E-state index is 0.1000. The summed E-state index contributed by atoms with van der Waals surface area (Å²) in [5.41, 5.74) is 0.764. The number of methoxy groups -OCH3 is 3. The van der Waals surface area contributed by atoms with Crippen LogP contribution in [-0.4, -0.2) is 33.8 Å². The van der Waals surface area contributed by atoms with Crippen LogP contribution in [0.2, 0.25) is 5.02 Å². The lowest BCUT2D eigenvalue weighted by Gasteiger charge is -2.14. The molecule has 0 atom stereocenters. The fourth-order valence-electron chi connectivity index (χ4n) is 2.16. The first-order chi connectivity index (χ1) is 12.1. The SMILES string of the molecule is COc1cc(OC)c(OC)cc1CNC(=O)COc1ccc(Cl)cc1. The van der Waals surface area contributed by atoms with E-state index in [0.717, 1.165) is 5.56 Å². The molecule has 7 heteroatoms. The Labute approximate surface area is 151 Å². The molecular formula is C18H20ClNO5. The van der Waals surface area contributed by atoms with Crippen LogP contribution in [0.5, 0.6) is 23.0 Å². The zero-order valence-corrected chi connectivity index (χ0v) is 15.1. The van der Waals surface area contributed by atoms with Gasteiger partial charge >= 0.3 is 0 Å². The van der Waals surface area contributed by atoms with Crippen LogP contribution in [0.25, 0.3) is 0 Å². The maximum Gasteiger partial charge on any atom is 0.258 e. The predicted octanol–water partition coefficient (Wildman–Crippen LogP) is 3.06. The summed E-state index contributed by atoms with van der Waals surface area (Å²) in [5.74, 6) is 2.03. The van der Waals surface area contributed by atoms with Crippen LogP contribution in [0.4, 0.5) is 0 Å². The average molecular weight is 366 g/mol. The Bertz CT molecular complexity index is 718. The lowest BCUT2D eigenvalue weighted by atomic mass is 10.1. The van der Waals surface area contributed by atoms with Crippen molar-refractivity contribution in [1.29, 1.82) is 0 Å². The van der Waals surface area contributed by atoms with Gasteiger partial charge in [0.25, 0.3) is 5.91 Å². The van der Waals surface area contributed by atoms with E-state index in [1.165, 1.54) is 0 Å². The van der Waals surface area contributed by atoms with Gasteiger partial charge in [0.1, 0.15) is 11.5 Å². The Hall–Kier alpha value is -2.60. The number of halogens is 1. The normalized spacial score (nSPS) is 10.1. The van der Waals surface area contributed by atoms with Gasteiger partial charge in [-0.05, 0) is 30.3 Å². The van der Waals surface area contributed by atoms with Gasteiger partial charge in [-0.2, -0.15) is 0 Å². The van der Waals surface area contributed by atoms with Crippen molar-refractivity contribution in [3.8, 4) is 23.0 Å². The molecule has 0 bridgehead atoms. The van der Waals surface area contributed by atoms with Crippen molar-refractivity contribution in [3.63, 3.8) is 0 Å². The molecule has 2 aromatic rings. The molecule has 2 aromatic carbocycles. The van der Waals surface area contributed by atoms with Gasteiger partial charge in [0.15, 0.2) is 18.1 Å². The summed E-state index contributed by atoms with van der Waals surface area (Å²) in [5, 5.41) is 3.39. The molecule has 0 fully saturated rings. The molecule has 1 N–H and O–H groups in total. The topological polar surface area (TPSA) is 66.0 Å². The number of benzene rings is 2. The largest absolute Gasteiger partial charge is 0.496 e. The molecule has 0 radical (unpaired) electrons. The second kappa shape index (κ2) is 9.03. The van der Waals surface area contributed by atoms with Crippen molar-refractivity contribution >= 4 is 17.5 Å². The number of carbonyl (C=O) groups excluding carboxylic acids is 1. The van der Waals surface area contributed by atoms with Gasteiger partial charge in [0.2, 0.25) is 0 Å². The van der Waals surface area contributed by atoms with Gasteiger partial charge in [-0.3, -0.25) is 4.79 Å². The lowest BCUT2D eigenvalue weighted by molar-refractivity contribution is -0.123. The standard InChI is InChI=1S/C18H20ClNO5/c1-22-15-9-17(24-3)16(23-2)8-12(15)10-20-18(21)11-25-14-6-4-13(19)5-7-14/h4-9H,10-11H2,1-3H3,(H,20,21). The van der Waals surface area contributed by atoms with Crippen LogP contribution in [0.15, 0.2) is 36.4 Å². The van der Waals surface area contributed by atoms with Crippen LogP contribution in [-0.2, 0) is 11.3 Å². The summed E-state index contributed by atoms with van der Waals surface area (Å²) >= 11 is 5.80. The molecule has 0 aliphatic carbocycles. The summed E-state index contributed by atoms with van der Waals surface area (Å²) in [6.07, 6.45) is 0. The van der Waals surface area contributed by atoms with E-state index < -0.39 is 0 Å². The van der Waals surface area contributed by atoms with E-state index in [1.54, 1.807) is 57.7 Å². The average Bonchev–Trinajstić information content (AvgIpc) is 2.65. The molecule has 25 heavy (non-hydrogen) atoms. The zero-order valence-electron chi connectivity index (χ0n) is 14.3. The Morgan fingerprint density at radius 2 is 1.56 bits per heavy atom. The van der Waals surface area contributed by atoms with E-state index in [0.29, 0.717) is 28.0 Å². The second-order valence-electron chi connectivity index (χ2n) is 5.04. The molecule has 0 saturated heterocycles. The quantitative estimate of drug-likeness (QED) is 0.778. The Morgan fingerprint density at radius 3 is 2.16 bits per heavy atom. The highest BCUT2D eigenvalue weighted by Crippen LogP contribution is 2.34. The summed E-state index contributed by atoms with van der Waals surface area (Å²) < 4.78 is 21.2. The molecule has 0 saturated carbocycles. The highest BCUT2D eigenvalue weighted by atomic mass is 35.5. The number of hydrogen-bond acceptors (Lipinski definition) is 5. The molecule has 0 aromatic heterocycles.